The molecule has 6 nitrogen and oxygen atoms in total. The fourth-order valence-corrected chi connectivity index (χ4v) is 3.80. The van der Waals surface area contributed by atoms with Crippen LogP contribution in [0.15, 0.2) is 51.7 Å². The van der Waals surface area contributed by atoms with Crippen molar-refractivity contribution in [3.63, 3.8) is 0 Å². The lowest BCUT2D eigenvalue weighted by molar-refractivity contribution is -0.118. The van der Waals surface area contributed by atoms with E-state index in [1.807, 2.05) is 44.2 Å². The number of amides is 1. The lowest BCUT2D eigenvalue weighted by Crippen LogP contribution is -2.20. The van der Waals surface area contributed by atoms with Gasteiger partial charge in [0.15, 0.2) is 11.7 Å². The van der Waals surface area contributed by atoms with Gasteiger partial charge in [-0.1, -0.05) is 23.5 Å². The molecule has 0 unspecified atom stereocenters. The van der Waals surface area contributed by atoms with Gasteiger partial charge in [-0.05, 0) is 49.2 Å². The smallest absolute Gasteiger partial charge is 0.336 e. The monoisotopic (exact) mass is 380 g/mol. The Labute approximate surface area is 158 Å². The molecule has 0 atom stereocenters. The van der Waals surface area contributed by atoms with Crippen LogP contribution >= 0.6 is 11.3 Å². The van der Waals surface area contributed by atoms with E-state index in [9.17, 15) is 9.59 Å². The van der Waals surface area contributed by atoms with Crippen molar-refractivity contribution in [1.82, 2.24) is 4.98 Å². The van der Waals surface area contributed by atoms with Gasteiger partial charge in [-0.2, -0.15) is 0 Å². The summed E-state index contributed by atoms with van der Waals surface area (Å²) in [5.41, 5.74) is 2.49. The van der Waals surface area contributed by atoms with Gasteiger partial charge in [0.05, 0.1) is 15.6 Å². The number of nitrogens with zero attached hydrogens (tertiary/aromatic N) is 1. The second kappa shape index (κ2) is 6.85. The summed E-state index contributed by atoms with van der Waals surface area (Å²) in [6, 6.07) is 12.7. The molecule has 0 aliphatic carbocycles. The second-order valence-corrected chi connectivity index (χ2v) is 7.24. The predicted molar refractivity (Wildman–Crippen MR) is 106 cm³/mol. The first-order valence-electron chi connectivity index (χ1n) is 8.33. The maximum Gasteiger partial charge on any atom is 0.336 e. The number of fused-ring (bicyclic) bond motifs is 2. The molecule has 0 saturated heterocycles. The number of ether oxygens (including phenoxy) is 1. The molecule has 27 heavy (non-hydrogen) atoms. The fourth-order valence-electron chi connectivity index (χ4n) is 2.92. The van der Waals surface area contributed by atoms with Crippen molar-refractivity contribution >= 4 is 43.6 Å². The van der Waals surface area contributed by atoms with Gasteiger partial charge in [-0.25, -0.2) is 9.78 Å². The highest BCUT2D eigenvalue weighted by atomic mass is 32.1. The molecule has 4 aromatic rings. The molecule has 1 amide bonds. The highest BCUT2D eigenvalue weighted by Gasteiger charge is 2.13. The molecular formula is C20H16N2O4S. The maximum atomic E-state index is 12.3. The predicted octanol–water partition coefficient (Wildman–Crippen LogP) is 4.04. The molecule has 0 radical (unpaired) electrons. The van der Waals surface area contributed by atoms with Crippen LogP contribution in [0.2, 0.25) is 0 Å². The zero-order chi connectivity index (χ0) is 19.0. The molecule has 0 spiro atoms. The molecule has 7 heteroatoms. The molecule has 0 aliphatic rings. The van der Waals surface area contributed by atoms with Crippen LogP contribution in [0.1, 0.15) is 11.1 Å². The highest BCUT2D eigenvalue weighted by Crippen LogP contribution is 2.30. The zero-order valence-electron chi connectivity index (χ0n) is 14.7. The minimum Gasteiger partial charge on any atom is -0.483 e. The number of hydrogen-bond acceptors (Lipinski definition) is 6. The number of thiazole rings is 1. The van der Waals surface area contributed by atoms with Crippen molar-refractivity contribution in [3.8, 4) is 5.75 Å². The number of benzene rings is 2. The minimum atomic E-state index is -0.412. The zero-order valence-corrected chi connectivity index (χ0v) is 15.6. The molecule has 0 saturated carbocycles. The van der Waals surface area contributed by atoms with Crippen LogP contribution in [0.4, 0.5) is 5.13 Å². The number of aromatic nitrogens is 1. The van der Waals surface area contributed by atoms with Gasteiger partial charge in [-0.3, -0.25) is 10.1 Å². The number of carbonyl (C=O) groups is 1. The normalized spacial score (nSPS) is 11.0. The Morgan fingerprint density at radius 1 is 1.22 bits per heavy atom. The summed E-state index contributed by atoms with van der Waals surface area (Å²) in [5.74, 6) is 0.199. The Morgan fingerprint density at radius 3 is 2.85 bits per heavy atom. The highest BCUT2D eigenvalue weighted by molar-refractivity contribution is 7.22. The molecule has 136 valence electrons. The third kappa shape index (κ3) is 3.54. The number of rotatable bonds is 4. The van der Waals surface area contributed by atoms with E-state index in [1.165, 1.54) is 17.4 Å². The van der Waals surface area contributed by atoms with Gasteiger partial charge in [-0.15, -0.1) is 0 Å². The lowest BCUT2D eigenvalue weighted by Gasteiger charge is -2.11. The summed E-state index contributed by atoms with van der Waals surface area (Å²) >= 11 is 1.41. The van der Waals surface area contributed by atoms with Crippen LogP contribution in [0.3, 0.4) is 0 Å². The summed E-state index contributed by atoms with van der Waals surface area (Å²) in [7, 11) is 0. The average Bonchev–Trinajstić information content (AvgIpc) is 3.00. The Hall–Kier alpha value is -3.19. The largest absolute Gasteiger partial charge is 0.483 e. The number of anilines is 1. The first-order valence-corrected chi connectivity index (χ1v) is 9.14. The van der Waals surface area contributed by atoms with Gasteiger partial charge in [0.2, 0.25) is 0 Å². The molecule has 0 fully saturated rings. The van der Waals surface area contributed by atoms with Gasteiger partial charge in [0.1, 0.15) is 11.3 Å². The van der Waals surface area contributed by atoms with Crippen molar-refractivity contribution < 1.29 is 13.9 Å². The van der Waals surface area contributed by atoms with Gasteiger partial charge in [0.25, 0.3) is 5.91 Å². The quantitative estimate of drug-likeness (QED) is 0.541. The average molecular weight is 380 g/mol. The number of hydrogen-bond donors (Lipinski definition) is 1. The SMILES string of the molecule is Cc1cc(OCC(=O)Nc2nc3ccccc3s2)c2c(C)cc(=O)oc2c1. The van der Waals surface area contributed by atoms with Crippen molar-refractivity contribution in [3.05, 3.63) is 64.0 Å². The molecule has 2 aromatic heterocycles. The van der Waals surface area contributed by atoms with E-state index in [1.54, 1.807) is 6.07 Å². The van der Waals surface area contributed by atoms with E-state index >= 15 is 0 Å². The Bertz CT molecular complexity index is 1190. The van der Waals surface area contributed by atoms with Gasteiger partial charge < -0.3 is 9.15 Å². The molecule has 4 rings (SSSR count). The summed E-state index contributed by atoms with van der Waals surface area (Å²) in [5, 5.41) is 3.97. The standard InChI is InChI=1S/C20H16N2O4S/c1-11-7-14(19-12(2)9-18(24)26-15(19)8-11)25-10-17(23)22-20-21-13-5-3-4-6-16(13)27-20/h3-9H,10H2,1-2H3,(H,21,22,23). The Kier molecular flexibility index (Phi) is 4.37. The summed E-state index contributed by atoms with van der Waals surface area (Å²) in [6.07, 6.45) is 0. The third-order valence-corrected chi connectivity index (χ3v) is 5.00. The van der Waals surface area contributed by atoms with E-state index in [0.29, 0.717) is 21.9 Å². The summed E-state index contributed by atoms with van der Waals surface area (Å²) in [6.45, 7) is 3.51. The number of para-hydroxylation sites is 1. The molecule has 2 heterocycles. The fraction of sp³-hybridized carbons (Fsp3) is 0.150. The van der Waals surface area contributed by atoms with E-state index < -0.39 is 5.63 Å². The van der Waals surface area contributed by atoms with Crippen LogP contribution in [-0.4, -0.2) is 17.5 Å². The third-order valence-electron chi connectivity index (χ3n) is 4.05. The van der Waals surface area contributed by atoms with E-state index in [2.05, 4.69) is 10.3 Å². The Morgan fingerprint density at radius 2 is 2.04 bits per heavy atom. The topological polar surface area (TPSA) is 81.4 Å². The Balaban J connectivity index is 1.54. The molecular weight excluding hydrogens is 364 g/mol. The van der Waals surface area contributed by atoms with E-state index in [4.69, 9.17) is 9.15 Å². The maximum absolute atomic E-state index is 12.3. The van der Waals surface area contributed by atoms with Crippen molar-refractivity contribution in [2.24, 2.45) is 0 Å². The van der Waals surface area contributed by atoms with Gasteiger partial charge in [0, 0.05) is 6.07 Å². The number of nitrogens with one attached hydrogen (secondary N) is 1. The van der Waals surface area contributed by atoms with Crippen LogP contribution in [0.25, 0.3) is 21.2 Å². The van der Waals surface area contributed by atoms with Crippen molar-refractivity contribution in [2.45, 2.75) is 13.8 Å². The molecule has 0 bridgehead atoms. The van der Waals surface area contributed by atoms with Crippen LogP contribution in [-0.2, 0) is 4.79 Å². The van der Waals surface area contributed by atoms with E-state index in [-0.39, 0.29) is 12.5 Å². The van der Waals surface area contributed by atoms with Crippen LogP contribution in [0.5, 0.6) is 5.75 Å². The van der Waals surface area contributed by atoms with Crippen LogP contribution in [0, 0.1) is 13.8 Å². The molecule has 2 aromatic carbocycles. The molecule has 0 aliphatic heterocycles. The van der Waals surface area contributed by atoms with Crippen LogP contribution < -0.4 is 15.7 Å². The van der Waals surface area contributed by atoms with Crippen molar-refractivity contribution in [1.29, 1.82) is 0 Å². The second-order valence-electron chi connectivity index (χ2n) is 6.21. The molecule has 1 N–H and O–H groups in total. The number of carbonyl (C=O) groups excluding carboxylic acids is 1. The van der Waals surface area contributed by atoms with Gasteiger partial charge >= 0.3 is 5.63 Å². The summed E-state index contributed by atoms with van der Waals surface area (Å²) < 4.78 is 12.0. The minimum absolute atomic E-state index is 0.174. The first kappa shape index (κ1) is 17.2. The lowest BCUT2D eigenvalue weighted by atomic mass is 10.1. The first-order chi connectivity index (χ1) is 13.0. The number of aryl methyl sites for hydroxylation is 2. The van der Waals surface area contributed by atoms with Crippen molar-refractivity contribution in [2.75, 3.05) is 11.9 Å². The van der Waals surface area contributed by atoms with E-state index in [0.717, 1.165) is 21.3 Å². The summed E-state index contributed by atoms with van der Waals surface area (Å²) in [4.78, 5) is 28.2.